The summed E-state index contributed by atoms with van der Waals surface area (Å²) in [7, 11) is -4.41. The average molecular weight is 443 g/mol. The molecule has 0 heterocycles. The number of anilines is 1. The number of aryl methyl sites for hydroxylation is 1. The molecule has 0 saturated carbocycles. The second kappa shape index (κ2) is 9.16. The Morgan fingerprint density at radius 2 is 1.67 bits per heavy atom. The lowest BCUT2D eigenvalue weighted by molar-refractivity contribution is -0.137. The summed E-state index contributed by atoms with van der Waals surface area (Å²) in [6, 6.07) is 9.65. The van der Waals surface area contributed by atoms with Gasteiger partial charge in [0.05, 0.1) is 16.1 Å². The number of rotatable bonds is 6. The van der Waals surface area contributed by atoms with Gasteiger partial charge < -0.3 is 0 Å². The molecule has 0 atom stereocenters. The molecule has 0 fully saturated rings. The second-order valence-corrected chi connectivity index (χ2v) is 8.28. The molecule has 0 bridgehead atoms. The van der Waals surface area contributed by atoms with Gasteiger partial charge in [0.25, 0.3) is 10.0 Å². The summed E-state index contributed by atoms with van der Waals surface area (Å²) in [5.41, 5.74) is 4.12. The van der Waals surface area contributed by atoms with Crippen molar-refractivity contribution in [2.75, 3.05) is 10.8 Å². The largest absolute Gasteiger partial charge is 0.416 e. The maximum Gasteiger partial charge on any atom is 0.416 e. The number of carbonyl (C=O) groups excluding carboxylic acids is 2. The highest BCUT2D eigenvalue weighted by molar-refractivity contribution is 7.92. The zero-order chi connectivity index (χ0) is 22.5. The van der Waals surface area contributed by atoms with Crippen LogP contribution < -0.4 is 15.2 Å². The van der Waals surface area contributed by atoms with Crippen molar-refractivity contribution >= 4 is 27.5 Å². The summed E-state index contributed by atoms with van der Waals surface area (Å²) < 4.78 is 66.2. The molecule has 0 saturated heterocycles. The molecule has 0 aliphatic heterocycles. The number of hydrogen-bond donors (Lipinski definition) is 2. The highest BCUT2D eigenvalue weighted by Crippen LogP contribution is 2.32. The van der Waals surface area contributed by atoms with Crippen LogP contribution in [0.2, 0.25) is 0 Å². The Hall–Kier alpha value is -3.08. The third-order valence-electron chi connectivity index (χ3n) is 3.99. The lowest BCUT2D eigenvalue weighted by atomic mass is 10.2. The molecule has 162 valence electrons. The number of nitrogens with zero attached hydrogens (tertiary/aromatic N) is 1. The number of halogens is 3. The highest BCUT2D eigenvalue weighted by atomic mass is 32.2. The fourth-order valence-electron chi connectivity index (χ4n) is 2.48. The summed E-state index contributed by atoms with van der Waals surface area (Å²) in [4.78, 5) is 22.2. The lowest BCUT2D eigenvalue weighted by Gasteiger charge is -2.25. The summed E-state index contributed by atoms with van der Waals surface area (Å²) in [6.45, 7) is 2.61. The first-order valence-electron chi connectivity index (χ1n) is 8.73. The van der Waals surface area contributed by atoms with Crippen LogP contribution in [-0.2, 0) is 25.8 Å². The minimum Gasteiger partial charge on any atom is -0.274 e. The number of nitrogens with one attached hydrogen (secondary N) is 2. The van der Waals surface area contributed by atoms with Crippen molar-refractivity contribution in [3.05, 3.63) is 59.7 Å². The van der Waals surface area contributed by atoms with Crippen LogP contribution in [0.3, 0.4) is 0 Å². The normalized spacial score (nSPS) is 11.6. The van der Waals surface area contributed by atoms with Crippen molar-refractivity contribution in [3.8, 4) is 0 Å². The lowest BCUT2D eigenvalue weighted by Crippen LogP contribution is -2.42. The topological polar surface area (TPSA) is 95.6 Å². The van der Waals surface area contributed by atoms with Crippen LogP contribution in [0, 0.1) is 6.92 Å². The number of hydrazine groups is 1. The molecule has 2 amide bonds. The molecule has 11 heteroatoms. The van der Waals surface area contributed by atoms with E-state index in [9.17, 15) is 31.2 Å². The minimum atomic E-state index is -4.71. The van der Waals surface area contributed by atoms with E-state index in [2.05, 4.69) is 10.9 Å². The zero-order valence-corrected chi connectivity index (χ0v) is 17.0. The highest BCUT2D eigenvalue weighted by Gasteiger charge is 2.33. The molecule has 2 rings (SSSR count). The monoisotopic (exact) mass is 443 g/mol. The Kier molecular flexibility index (Phi) is 7.08. The van der Waals surface area contributed by atoms with Gasteiger partial charge in [-0.25, -0.2) is 8.42 Å². The number of benzene rings is 2. The maximum atomic E-state index is 13.1. The predicted molar refractivity (Wildman–Crippen MR) is 104 cm³/mol. The van der Waals surface area contributed by atoms with Crippen LogP contribution in [0.4, 0.5) is 18.9 Å². The molecule has 0 radical (unpaired) electrons. The molecular weight excluding hydrogens is 423 g/mol. The summed E-state index contributed by atoms with van der Waals surface area (Å²) >= 11 is 0. The van der Waals surface area contributed by atoms with Gasteiger partial charge in [0.15, 0.2) is 0 Å². The van der Waals surface area contributed by atoms with Gasteiger partial charge in [-0.2, -0.15) is 13.2 Å². The first kappa shape index (κ1) is 23.2. The van der Waals surface area contributed by atoms with Gasteiger partial charge in [-0.05, 0) is 37.3 Å². The summed E-state index contributed by atoms with van der Waals surface area (Å²) in [5, 5.41) is 0. The van der Waals surface area contributed by atoms with E-state index < -0.39 is 38.5 Å². The van der Waals surface area contributed by atoms with Gasteiger partial charge in [0.2, 0.25) is 11.8 Å². The molecule has 2 N–H and O–H groups in total. The molecule has 2 aromatic rings. The number of alkyl halides is 3. The fraction of sp³-hybridized carbons (Fsp3) is 0.263. The minimum absolute atomic E-state index is 0.185. The van der Waals surface area contributed by atoms with E-state index in [4.69, 9.17) is 0 Å². The molecule has 0 aliphatic rings. The SMILES string of the molecule is CC(=O)NNC(=O)CCN(c1ccc(C)cc1)S(=O)(=O)c1cccc(C(F)(F)F)c1. The van der Waals surface area contributed by atoms with Gasteiger partial charge >= 0.3 is 6.18 Å². The molecule has 30 heavy (non-hydrogen) atoms. The van der Waals surface area contributed by atoms with E-state index >= 15 is 0 Å². The van der Waals surface area contributed by atoms with E-state index in [0.717, 1.165) is 28.1 Å². The van der Waals surface area contributed by atoms with Crippen LogP contribution >= 0.6 is 0 Å². The predicted octanol–water partition coefficient (Wildman–Crippen LogP) is 2.77. The van der Waals surface area contributed by atoms with Crippen LogP contribution in [-0.4, -0.2) is 26.8 Å². The van der Waals surface area contributed by atoms with Crippen LogP contribution in [0.25, 0.3) is 0 Å². The van der Waals surface area contributed by atoms with Crippen LogP contribution in [0.1, 0.15) is 24.5 Å². The second-order valence-electron chi connectivity index (χ2n) is 6.42. The van der Waals surface area contributed by atoms with Gasteiger partial charge in [0.1, 0.15) is 0 Å². The van der Waals surface area contributed by atoms with Crippen molar-refractivity contribution in [2.45, 2.75) is 31.3 Å². The Bertz CT molecular complexity index is 1020. The van der Waals surface area contributed by atoms with Crippen molar-refractivity contribution in [1.29, 1.82) is 0 Å². The number of carbonyl (C=O) groups is 2. The van der Waals surface area contributed by atoms with Crippen molar-refractivity contribution < 1.29 is 31.2 Å². The van der Waals surface area contributed by atoms with Crippen molar-refractivity contribution in [1.82, 2.24) is 10.9 Å². The first-order chi connectivity index (χ1) is 13.9. The molecule has 0 spiro atoms. The van der Waals surface area contributed by atoms with E-state index in [-0.39, 0.29) is 18.7 Å². The van der Waals surface area contributed by atoms with E-state index in [0.29, 0.717) is 6.07 Å². The Morgan fingerprint density at radius 1 is 1.03 bits per heavy atom. The van der Waals surface area contributed by atoms with E-state index in [1.807, 2.05) is 0 Å². The quantitative estimate of drug-likeness (QED) is 0.672. The third kappa shape index (κ3) is 5.96. The summed E-state index contributed by atoms with van der Waals surface area (Å²) in [5.74, 6) is -1.18. The van der Waals surface area contributed by atoms with E-state index in [1.54, 1.807) is 19.1 Å². The Labute approximate surface area is 171 Å². The van der Waals surface area contributed by atoms with Crippen molar-refractivity contribution in [3.63, 3.8) is 0 Å². The zero-order valence-electron chi connectivity index (χ0n) is 16.2. The van der Waals surface area contributed by atoms with Crippen LogP contribution in [0.15, 0.2) is 53.4 Å². The molecule has 2 aromatic carbocycles. The third-order valence-corrected chi connectivity index (χ3v) is 5.81. The smallest absolute Gasteiger partial charge is 0.274 e. The number of amides is 2. The molecule has 0 unspecified atom stereocenters. The van der Waals surface area contributed by atoms with Crippen molar-refractivity contribution in [2.24, 2.45) is 0 Å². The Balaban J connectivity index is 2.39. The first-order valence-corrected chi connectivity index (χ1v) is 10.2. The standard InChI is InChI=1S/C19H20F3N3O4S/c1-13-6-8-16(9-7-13)25(11-10-18(27)24-23-14(2)26)30(28,29)17-5-3-4-15(12-17)19(20,21)22/h3-9,12H,10-11H2,1-2H3,(H,23,26)(H,24,27). The summed E-state index contributed by atoms with van der Waals surface area (Å²) in [6.07, 6.45) is -5.05. The van der Waals surface area contributed by atoms with Gasteiger partial charge in [-0.1, -0.05) is 23.8 Å². The Morgan fingerprint density at radius 3 is 2.23 bits per heavy atom. The van der Waals surface area contributed by atoms with Gasteiger partial charge in [-0.15, -0.1) is 0 Å². The maximum absolute atomic E-state index is 13.1. The molecular formula is C19H20F3N3O4S. The number of sulfonamides is 1. The molecule has 0 aromatic heterocycles. The van der Waals surface area contributed by atoms with Gasteiger partial charge in [-0.3, -0.25) is 24.7 Å². The number of hydrogen-bond acceptors (Lipinski definition) is 4. The van der Waals surface area contributed by atoms with Crippen LogP contribution in [0.5, 0.6) is 0 Å². The van der Waals surface area contributed by atoms with E-state index in [1.165, 1.54) is 19.1 Å². The average Bonchev–Trinajstić information content (AvgIpc) is 2.67. The molecule has 7 nitrogen and oxygen atoms in total. The fourth-order valence-corrected chi connectivity index (χ4v) is 3.99. The van der Waals surface area contributed by atoms with Gasteiger partial charge in [0, 0.05) is 19.9 Å². The molecule has 0 aliphatic carbocycles.